The highest BCUT2D eigenvalue weighted by molar-refractivity contribution is 5.96. The number of nitrogens with zero attached hydrogens (tertiary/aromatic N) is 1. The van der Waals surface area contributed by atoms with E-state index in [2.05, 4.69) is 10.3 Å². The van der Waals surface area contributed by atoms with E-state index in [1.165, 1.54) is 19.3 Å². The summed E-state index contributed by atoms with van der Waals surface area (Å²) in [6, 6.07) is 3.46. The molecule has 1 N–H and O–H groups in total. The van der Waals surface area contributed by atoms with E-state index in [4.69, 9.17) is 9.47 Å². The maximum Gasteiger partial charge on any atom is 0.256 e. The van der Waals surface area contributed by atoms with Gasteiger partial charge in [0.05, 0.1) is 6.61 Å². The van der Waals surface area contributed by atoms with E-state index in [0.29, 0.717) is 30.6 Å². The lowest BCUT2D eigenvalue weighted by Gasteiger charge is -2.25. The van der Waals surface area contributed by atoms with Crippen LogP contribution in [0.15, 0.2) is 18.3 Å². The van der Waals surface area contributed by atoms with Gasteiger partial charge in [0.1, 0.15) is 12.2 Å². The summed E-state index contributed by atoms with van der Waals surface area (Å²) in [4.78, 5) is 16.2. The van der Waals surface area contributed by atoms with Crippen molar-refractivity contribution in [3.05, 3.63) is 23.9 Å². The van der Waals surface area contributed by atoms with Crippen LogP contribution in [0.2, 0.25) is 0 Å². The quantitative estimate of drug-likeness (QED) is 0.760. The Bertz CT molecular complexity index is 419. The zero-order valence-electron chi connectivity index (χ0n) is 11.2. The molecule has 2 rings (SSSR count). The van der Waals surface area contributed by atoms with Crippen molar-refractivity contribution in [2.24, 2.45) is 5.92 Å². The molecule has 5 heteroatoms. The fraction of sp³-hybridized carbons (Fsp3) is 0.571. The van der Waals surface area contributed by atoms with Gasteiger partial charge in [0.2, 0.25) is 5.88 Å². The zero-order chi connectivity index (χ0) is 13.5. The van der Waals surface area contributed by atoms with Gasteiger partial charge in [-0.1, -0.05) is 6.42 Å². The van der Waals surface area contributed by atoms with Gasteiger partial charge in [-0.15, -0.1) is 0 Å². The number of pyridine rings is 1. The van der Waals surface area contributed by atoms with Gasteiger partial charge in [0, 0.05) is 19.9 Å². The van der Waals surface area contributed by atoms with E-state index >= 15 is 0 Å². The maximum absolute atomic E-state index is 12.1. The van der Waals surface area contributed by atoms with Crippen molar-refractivity contribution in [3.8, 4) is 5.88 Å². The number of nitrogens with one attached hydrogen (secondary N) is 1. The van der Waals surface area contributed by atoms with E-state index in [1.54, 1.807) is 25.4 Å². The molecule has 1 heterocycles. The van der Waals surface area contributed by atoms with Crippen LogP contribution in [0.5, 0.6) is 5.88 Å². The Morgan fingerprint density at radius 1 is 1.47 bits per heavy atom. The summed E-state index contributed by atoms with van der Waals surface area (Å²) < 4.78 is 10.4. The second-order valence-corrected chi connectivity index (χ2v) is 4.70. The molecule has 5 nitrogen and oxygen atoms in total. The molecule has 0 aromatic carbocycles. The van der Waals surface area contributed by atoms with Crippen LogP contribution >= 0.6 is 0 Å². The minimum atomic E-state index is -0.118. The van der Waals surface area contributed by atoms with Crippen LogP contribution in [0.4, 0.5) is 0 Å². The largest absolute Gasteiger partial charge is 0.475 e. The molecular weight excluding hydrogens is 244 g/mol. The average molecular weight is 264 g/mol. The first-order chi connectivity index (χ1) is 9.31. The number of rotatable bonds is 7. The van der Waals surface area contributed by atoms with Crippen LogP contribution in [-0.4, -0.2) is 37.8 Å². The van der Waals surface area contributed by atoms with Gasteiger partial charge in [0.15, 0.2) is 0 Å². The number of amides is 1. The summed E-state index contributed by atoms with van der Waals surface area (Å²) in [7, 11) is 1.61. The van der Waals surface area contributed by atoms with Gasteiger partial charge in [-0.3, -0.25) is 4.79 Å². The van der Waals surface area contributed by atoms with Gasteiger partial charge < -0.3 is 14.8 Å². The molecule has 0 radical (unpaired) electrons. The summed E-state index contributed by atoms with van der Waals surface area (Å²) in [5, 5.41) is 2.94. The van der Waals surface area contributed by atoms with Crippen molar-refractivity contribution >= 4 is 5.91 Å². The molecule has 1 aliphatic rings. The topological polar surface area (TPSA) is 60.5 Å². The summed E-state index contributed by atoms with van der Waals surface area (Å²) in [5.74, 6) is 0.886. The molecule has 0 unspecified atom stereocenters. The Balaban J connectivity index is 1.90. The minimum absolute atomic E-state index is 0.118. The normalized spacial score (nSPS) is 14.8. The summed E-state index contributed by atoms with van der Waals surface area (Å²) in [6.45, 7) is 1.60. The molecule has 1 aromatic heterocycles. The van der Waals surface area contributed by atoms with Crippen molar-refractivity contribution in [2.45, 2.75) is 19.3 Å². The average Bonchev–Trinajstić information content (AvgIpc) is 2.37. The van der Waals surface area contributed by atoms with Crippen LogP contribution < -0.4 is 10.1 Å². The smallest absolute Gasteiger partial charge is 0.256 e. The van der Waals surface area contributed by atoms with Crippen LogP contribution in [0.25, 0.3) is 0 Å². The van der Waals surface area contributed by atoms with Gasteiger partial charge in [-0.2, -0.15) is 0 Å². The fourth-order valence-electron chi connectivity index (χ4n) is 1.93. The second kappa shape index (κ2) is 7.09. The van der Waals surface area contributed by atoms with Crippen LogP contribution in [0, 0.1) is 5.92 Å². The number of aromatic nitrogens is 1. The van der Waals surface area contributed by atoms with E-state index in [-0.39, 0.29) is 5.91 Å². The van der Waals surface area contributed by atoms with Crippen molar-refractivity contribution in [1.82, 2.24) is 10.3 Å². The number of carbonyl (C=O) groups excluding carboxylic acids is 1. The van der Waals surface area contributed by atoms with Crippen LogP contribution in [0.1, 0.15) is 29.6 Å². The molecule has 1 saturated carbocycles. The highest BCUT2D eigenvalue weighted by Crippen LogP contribution is 2.25. The lowest BCUT2D eigenvalue weighted by molar-refractivity contribution is 0.0929. The molecule has 0 spiro atoms. The third-order valence-corrected chi connectivity index (χ3v) is 3.32. The lowest BCUT2D eigenvalue weighted by Crippen LogP contribution is -2.32. The zero-order valence-corrected chi connectivity index (χ0v) is 11.2. The molecule has 0 aliphatic heterocycles. The van der Waals surface area contributed by atoms with Crippen LogP contribution in [-0.2, 0) is 4.74 Å². The fourth-order valence-corrected chi connectivity index (χ4v) is 1.93. The first kappa shape index (κ1) is 13.8. The standard InChI is InChI=1S/C14H20N2O3/c1-18-8-9-19-14-12(6-3-7-15-14)13(17)16-10-11-4-2-5-11/h3,6-7,11H,2,4-5,8-10H2,1H3,(H,16,17). The van der Waals surface area contributed by atoms with Gasteiger partial charge in [0.25, 0.3) is 5.91 Å². The summed E-state index contributed by atoms with van der Waals surface area (Å²) in [5.41, 5.74) is 0.484. The van der Waals surface area contributed by atoms with Gasteiger partial charge in [-0.25, -0.2) is 4.98 Å². The predicted molar refractivity (Wildman–Crippen MR) is 71.3 cm³/mol. The first-order valence-corrected chi connectivity index (χ1v) is 6.66. The minimum Gasteiger partial charge on any atom is -0.475 e. The van der Waals surface area contributed by atoms with Crippen molar-refractivity contribution in [1.29, 1.82) is 0 Å². The third-order valence-electron chi connectivity index (χ3n) is 3.32. The van der Waals surface area contributed by atoms with Gasteiger partial charge >= 0.3 is 0 Å². The Kier molecular flexibility index (Phi) is 5.15. The lowest BCUT2D eigenvalue weighted by atomic mass is 9.85. The molecule has 104 valence electrons. The third kappa shape index (κ3) is 3.92. The Labute approximate surface area is 113 Å². The highest BCUT2D eigenvalue weighted by Gasteiger charge is 2.19. The van der Waals surface area contributed by atoms with E-state index < -0.39 is 0 Å². The molecule has 1 aromatic rings. The SMILES string of the molecule is COCCOc1ncccc1C(=O)NCC1CCC1. The number of methoxy groups -OCH3 is 1. The van der Waals surface area contributed by atoms with Crippen molar-refractivity contribution in [3.63, 3.8) is 0 Å². The molecular formula is C14H20N2O3. The Hall–Kier alpha value is -1.62. The predicted octanol–water partition coefficient (Wildman–Crippen LogP) is 1.64. The van der Waals surface area contributed by atoms with Crippen molar-refractivity contribution < 1.29 is 14.3 Å². The molecule has 1 fully saturated rings. The Morgan fingerprint density at radius 3 is 3.00 bits per heavy atom. The molecule has 1 aliphatic carbocycles. The second-order valence-electron chi connectivity index (χ2n) is 4.70. The molecule has 0 atom stereocenters. The molecule has 0 bridgehead atoms. The van der Waals surface area contributed by atoms with E-state index in [0.717, 1.165) is 6.54 Å². The van der Waals surface area contributed by atoms with E-state index in [1.807, 2.05) is 0 Å². The number of hydrogen-bond acceptors (Lipinski definition) is 4. The summed E-state index contributed by atoms with van der Waals surface area (Å²) >= 11 is 0. The Morgan fingerprint density at radius 2 is 2.32 bits per heavy atom. The number of hydrogen-bond donors (Lipinski definition) is 1. The number of carbonyl (C=O) groups is 1. The number of ether oxygens (including phenoxy) is 2. The molecule has 0 saturated heterocycles. The monoisotopic (exact) mass is 264 g/mol. The molecule has 19 heavy (non-hydrogen) atoms. The van der Waals surface area contributed by atoms with Gasteiger partial charge in [-0.05, 0) is 30.9 Å². The van der Waals surface area contributed by atoms with Crippen LogP contribution in [0.3, 0.4) is 0 Å². The maximum atomic E-state index is 12.1. The molecule has 1 amide bonds. The summed E-state index contributed by atoms with van der Waals surface area (Å²) in [6.07, 6.45) is 5.32. The first-order valence-electron chi connectivity index (χ1n) is 6.66. The highest BCUT2D eigenvalue weighted by atomic mass is 16.5. The van der Waals surface area contributed by atoms with Crippen molar-refractivity contribution in [2.75, 3.05) is 26.9 Å². The van der Waals surface area contributed by atoms with E-state index in [9.17, 15) is 4.79 Å².